The number of H-pyrrole nitrogens is 2. The third-order valence-electron chi connectivity index (χ3n) is 4.12. The van der Waals surface area contributed by atoms with Gasteiger partial charge in [0.2, 0.25) is 11.7 Å². The third-order valence-corrected chi connectivity index (χ3v) is 4.12. The molecule has 2 amide bonds. The summed E-state index contributed by atoms with van der Waals surface area (Å²) in [4.78, 5) is 41.4. The second-order valence-corrected chi connectivity index (χ2v) is 5.46. The van der Waals surface area contributed by atoms with Crippen molar-refractivity contribution in [2.75, 3.05) is 13.6 Å². The van der Waals surface area contributed by atoms with Gasteiger partial charge in [0.25, 0.3) is 5.91 Å². The zero-order chi connectivity index (χ0) is 14.3. The standard InChI is InChI=1S/C12H17N5O3/c1-16-6-8-4-2-3-7(5-9(16)18)17(8)11(19)10-13-12(20)15-14-10/h7-8H,2-6H2,1H3,(H2,13,14,15,20). The zero-order valence-corrected chi connectivity index (χ0v) is 11.3. The normalized spacial score (nSPS) is 26.6. The summed E-state index contributed by atoms with van der Waals surface area (Å²) < 4.78 is 0. The molecule has 0 aromatic carbocycles. The minimum Gasteiger partial charge on any atom is -0.344 e. The number of hydrogen-bond acceptors (Lipinski definition) is 4. The van der Waals surface area contributed by atoms with Gasteiger partial charge in [-0.3, -0.25) is 14.6 Å². The van der Waals surface area contributed by atoms with Gasteiger partial charge in [-0.2, -0.15) is 0 Å². The number of carbonyl (C=O) groups excluding carboxylic acids is 2. The fraction of sp³-hybridized carbons (Fsp3) is 0.667. The van der Waals surface area contributed by atoms with Crippen LogP contribution >= 0.6 is 0 Å². The van der Waals surface area contributed by atoms with Gasteiger partial charge in [-0.15, -0.1) is 5.10 Å². The van der Waals surface area contributed by atoms with Crippen LogP contribution in [0.1, 0.15) is 36.3 Å². The molecule has 2 N–H and O–H groups in total. The zero-order valence-electron chi connectivity index (χ0n) is 11.3. The van der Waals surface area contributed by atoms with Crippen molar-refractivity contribution in [3.05, 3.63) is 16.3 Å². The van der Waals surface area contributed by atoms with Gasteiger partial charge in [0, 0.05) is 26.1 Å². The highest BCUT2D eigenvalue weighted by Crippen LogP contribution is 2.29. The molecule has 1 aromatic rings. The average Bonchev–Trinajstić information content (AvgIpc) is 2.82. The lowest BCUT2D eigenvalue weighted by Gasteiger charge is -2.39. The summed E-state index contributed by atoms with van der Waals surface area (Å²) in [5, 5.41) is 5.91. The number of piperidine rings is 1. The lowest BCUT2D eigenvalue weighted by atomic mass is 9.94. The van der Waals surface area contributed by atoms with Crippen molar-refractivity contribution in [2.45, 2.75) is 37.8 Å². The van der Waals surface area contributed by atoms with Crippen LogP contribution in [0.15, 0.2) is 4.79 Å². The molecule has 3 heterocycles. The minimum atomic E-state index is -0.499. The molecule has 108 valence electrons. The Balaban J connectivity index is 1.92. The van der Waals surface area contributed by atoms with E-state index in [1.807, 2.05) is 0 Å². The summed E-state index contributed by atoms with van der Waals surface area (Å²) in [6.45, 7) is 0.537. The number of aromatic nitrogens is 3. The van der Waals surface area contributed by atoms with Gasteiger partial charge in [0.05, 0.1) is 6.04 Å². The van der Waals surface area contributed by atoms with E-state index in [2.05, 4.69) is 15.2 Å². The number of fused-ring (bicyclic) bond motifs is 2. The maximum Gasteiger partial charge on any atom is 0.341 e. The first-order valence-electron chi connectivity index (χ1n) is 6.77. The fourth-order valence-electron chi connectivity index (χ4n) is 3.15. The third kappa shape index (κ3) is 2.10. The maximum atomic E-state index is 12.5. The van der Waals surface area contributed by atoms with E-state index in [0.29, 0.717) is 13.0 Å². The van der Waals surface area contributed by atoms with Crippen molar-refractivity contribution in [3.8, 4) is 0 Å². The van der Waals surface area contributed by atoms with Crippen molar-refractivity contribution < 1.29 is 9.59 Å². The van der Waals surface area contributed by atoms with Gasteiger partial charge in [-0.1, -0.05) is 0 Å². The molecule has 0 radical (unpaired) electrons. The molecule has 2 unspecified atom stereocenters. The summed E-state index contributed by atoms with van der Waals surface area (Å²) in [5.41, 5.74) is -0.499. The number of nitrogens with zero attached hydrogens (tertiary/aromatic N) is 3. The summed E-state index contributed by atoms with van der Waals surface area (Å²) in [6, 6.07) is -0.100. The minimum absolute atomic E-state index is 0.00194. The first kappa shape index (κ1) is 12.9. The Hall–Kier alpha value is -2.12. The number of amides is 2. The molecule has 8 nitrogen and oxygen atoms in total. The van der Waals surface area contributed by atoms with E-state index in [-0.39, 0.29) is 29.7 Å². The lowest BCUT2D eigenvalue weighted by Crippen LogP contribution is -2.51. The molecule has 1 aromatic heterocycles. The Morgan fingerprint density at radius 2 is 2.05 bits per heavy atom. The predicted molar refractivity (Wildman–Crippen MR) is 69.1 cm³/mol. The molecule has 0 spiro atoms. The van der Waals surface area contributed by atoms with Crippen molar-refractivity contribution in [1.29, 1.82) is 0 Å². The molecule has 0 aliphatic carbocycles. The van der Waals surface area contributed by atoms with Gasteiger partial charge in [0.1, 0.15) is 0 Å². The monoisotopic (exact) mass is 279 g/mol. The Morgan fingerprint density at radius 3 is 2.75 bits per heavy atom. The highest BCUT2D eigenvalue weighted by Gasteiger charge is 2.40. The lowest BCUT2D eigenvalue weighted by molar-refractivity contribution is -0.129. The van der Waals surface area contributed by atoms with Crippen LogP contribution in [-0.2, 0) is 4.79 Å². The molecular weight excluding hydrogens is 262 g/mol. The van der Waals surface area contributed by atoms with E-state index in [1.165, 1.54) is 0 Å². The Morgan fingerprint density at radius 1 is 1.30 bits per heavy atom. The van der Waals surface area contributed by atoms with Crippen LogP contribution in [0.25, 0.3) is 0 Å². The van der Waals surface area contributed by atoms with Crippen LogP contribution in [-0.4, -0.2) is 62.5 Å². The summed E-state index contributed by atoms with van der Waals surface area (Å²) in [5.74, 6) is -0.224. The van der Waals surface area contributed by atoms with Crippen LogP contribution in [0.4, 0.5) is 0 Å². The van der Waals surface area contributed by atoms with Gasteiger partial charge in [-0.05, 0) is 19.3 Å². The van der Waals surface area contributed by atoms with Gasteiger partial charge < -0.3 is 9.80 Å². The Bertz CT molecular complexity index is 592. The van der Waals surface area contributed by atoms with Crippen LogP contribution in [0.3, 0.4) is 0 Å². The quantitative estimate of drug-likeness (QED) is 0.711. The molecule has 0 saturated carbocycles. The average molecular weight is 279 g/mol. The van der Waals surface area contributed by atoms with E-state index in [4.69, 9.17) is 0 Å². The Labute approximate surface area is 115 Å². The number of rotatable bonds is 1. The summed E-state index contributed by atoms with van der Waals surface area (Å²) >= 11 is 0. The molecule has 2 atom stereocenters. The number of nitrogens with one attached hydrogen (secondary N) is 2. The van der Waals surface area contributed by atoms with Gasteiger partial charge in [0.15, 0.2) is 0 Å². The molecule has 3 rings (SSSR count). The second-order valence-electron chi connectivity index (χ2n) is 5.46. The molecule has 20 heavy (non-hydrogen) atoms. The topological polar surface area (TPSA) is 102 Å². The fourth-order valence-corrected chi connectivity index (χ4v) is 3.15. The van der Waals surface area contributed by atoms with E-state index in [0.717, 1.165) is 19.3 Å². The largest absolute Gasteiger partial charge is 0.344 e. The molecule has 2 saturated heterocycles. The van der Waals surface area contributed by atoms with Crippen molar-refractivity contribution in [3.63, 3.8) is 0 Å². The number of aromatic amines is 2. The van der Waals surface area contributed by atoms with E-state index >= 15 is 0 Å². The second kappa shape index (κ2) is 4.77. The molecule has 2 aliphatic rings. The number of carbonyl (C=O) groups is 2. The van der Waals surface area contributed by atoms with E-state index < -0.39 is 5.69 Å². The van der Waals surface area contributed by atoms with Crippen molar-refractivity contribution in [2.24, 2.45) is 0 Å². The van der Waals surface area contributed by atoms with E-state index in [9.17, 15) is 14.4 Å². The van der Waals surface area contributed by atoms with Crippen LogP contribution in [0, 0.1) is 0 Å². The molecule has 2 bridgehead atoms. The van der Waals surface area contributed by atoms with E-state index in [1.54, 1.807) is 16.8 Å². The van der Waals surface area contributed by atoms with Crippen LogP contribution < -0.4 is 5.69 Å². The first-order chi connectivity index (χ1) is 9.56. The first-order valence-corrected chi connectivity index (χ1v) is 6.77. The molecular formula is C12H17N5O3. The highest BCUT2D eigenvalue weighted by atomic mass is 16.2. The smallest absolute Gasteiger partial charge is 0.341 e. The SMILES string of the molecule is CN1CC2CCCC(CC1=O)N2C(=O)c1n[nH]c(=O)[nH]1. The van der Waals surface area contributed by atoms with Crippen molar-refractivity contribution in [1.82, 2.24) is 25.0 Å². The molecule has 8 heteroatoms. The maximum absolute atomic E-state index is 12.5. The Kier molecular flexibility index (Phi) is 3.07. The predicted octanol–water partition coefficient (Wildman–Crippen LogP) is -0.677. The van der Waals surface area contributed by atoms with Crippen molar-refractivity contribution >= 4 is 11.8 Å². The van der Waals surface area contributed by atoms with Gasteiger partial charge >= 0.3 is 5.69 Å². The number of hydrogen-bond donors (Lipinski definition) is 2. The molecule has 2 aliphatic heterocycles. The summed E-state index contributed by atoms with van der Waals surface area (Å²) in [7, 11) is 1.77. The van der Waals surface area contributed by atoms with Crippen LogP contribution in [0.5, 0.6) is 0 Å². The van der Waals surface area contributed by atoms with Gasteiger partial charge in [-0.25, -0.2) is 9.89 Å². The summed E-state index contributed by atoms with van der Waals surface area (Å²) in [6.07, 6.45) is 3.04. The number of likely N-dealkylation sites (N-methyl/N-ethyl adjacent to an activating group) is 1. The highest BCUT2D eigenvalue weighted by molar-refractivity contribution is 5.91. The molecule has 2 fully saturated rings. The van der Waals surface area contributed by atoms with Crippen LogP contribution in [0.2, 0.25) is 0 Å².